The predicted octanol–water partition coefficient (Wildman–Crippen LogP) is 1.26. The third-order valence-corrected chi connectivity index (χ3v) is 3.43. The number of carbonyl (C=O) groups is 2. The van der Waals surface area contributed by atoms with Gasteiger partial charge in [-0.25, -0.2) is 18.4 Å². The Morgan fingerprint density at radius 2 is 2.05 bits per heavy atom. The molecule has 1 heterocycles. The van der Waals surface area contributed by atoms with E-state index in [1.54, 1.807) is 0 Å². The Morgan fingerprint density at radius 1 is 1.33 bits per heavy atom. The van der Waals surface area contributed by atoms with Crippen LogP contribution in [0.25, 0.3) is 0 Å². The van der Waals surface area contributed by atoms with Crippen LogP contribution in [0.2, 0.25) is 0 Å². The second-order valence-corrected chi connectivity index (χ2v) is 4.84. The number of rotatable bonds is 4. The summed E-state index contributed by atoms with van der Waals surface area (Å²) in [5, 5.41) is 20.8. The highest BCUT2D eigenvalue weighted by Crippen LogP contribution is 2.19. The summed E-state index contributed by atoms with van der Waals surface area (Å²) in [6, 6.07) is 1.66. The highest BCUT2D eigenvalue weighted by molar-refractivity contribution is 5.80. The number of halogens is 2. The van der Waals surface area contributed by atoms with Gasteiger partial charge in [0.15, 0.2) is 0 Å². The Bertz CT molecular complexity index is 545. The van der Waals surface area contributed by atoms with Crippen molar-refractivity contribution in [2.75, 3.05) is 6.54 Å². The Hall–Kier alpha value is -2.22. The van der Waals surface area contributed by atoms with Crippen LogP contribution in [0, 0.1) is 11.6 Å². The lowest BCUT2D eigenvalue weighted by molar-refractivity contribution is -0.141. The number of hydrogen-bond acceptors (Lipinski definition) is 3. The Kier molecular flexibility index (Phi) is 4.37. The lowest BCUT2D eigenvalue weighted by atomic mass is 10.1. The fourth-order valence-corrected chi connectivity index (χ4v) is 2.35. The van der Waals surface area contributed by atoms with Gasteiger partial charge < -0.3 is 15.5 Å². The van der Waals surface area contributed by atoms with Gasteiger partial charge in [-0.05, 0) is 12.5 Å². The molecule has 1 fully saturated rings. The number of hydrogen-bond donors (Lipinski definition) is 3. The van der Waals surface area contributed by atoms with Crippen LogP contribution in [0.4, 0.5) is 13.6 Å². The van der Waals surface area contributed by atoms with Crippen LogP contribution >= 0.6 is 0 Å². The zero-order chi connectivity index (χ0) is 15.6. The fraction of sp³-hybridized carbons (Fsp3) is 0.385. The van der Waals surface area contributed by atoms with E-state index in [0.717, 1.165) is 17.0 Å². The molecule has 2 atom stereocenters. The van der Waals surface area contributed by atoms with Gasteiger partial charge in [0.05, 0.1) is 0 Å². The standard InChI is InChI=1S/C13H14F2N2O4/c14-8-2-1-7(10(15)3-8)5-16-9-4-11(12(18)19)17(6-9)13(20)21/h1-3,9,11,16H,4-6H2,(H,18,19)(H,20,21)/t9-,11+/m1/s1. The summed E-state index contributed by atoms with van der Waals surface area (Å²) in [7, 11) is 0. The molecule has 8 heteroatoms. The van der Waals surface area contributed by atoms with Crippen LogP contribution in [0.1, 0.15) is 12.0 Å². The first-order chi connectivity index (χ1) is 9.88. The molecule has 0 bridgehead atoms. The van der Waals surface area contributed by atoms with Crippen molar-refractivity contribution in [2.24, 2.45) is 0 Å². The maximum atomic E-state index is 13.5. The molecule has 1 aromatic rings. The van der Waals surface area contributed by atoms with Gasteiger partial charge in [0.1, 0.15) is 17.7 Å². The number of amides is 1. The molecule has 6 nitrogen and oxygen atoms in total. The number of benzene rings is 1. The van der Waals surface area contributed by atoms with Crippen LogP contribution < -0.4 is 5.32 Å². The van der Waals surface area contributed by atoms with Crippen molar-refractivity contribution in [1.82, 2.24) is 10.2 Å². The van der Waals surface area contributed by atoms with E-state index in [4.69, 9.17) is 10.2 Å². The average molecular weight is 300 g/mol. The molecule has 0 spiro atoms. The molecular weight excluding hydrogens is 286 g/mol. The van der Waals surface area contributed by atoms with Crippen molar-refractivity contribution in [3.05, 3.63) is 35.4 Å². The molecule has 0 aromatic heterocycles. The van der Waals surface area contributed by atoms with Crippen molar-refractivity contribution in [1.29, 1.82) is 0 Å². The summed E-state index contributed by atoms with van der Waals surface area (Å²) < 4.78 is 26.2. The molecule has 0 aliphatic carbocycles. The molecule has 1 amide bonds. The summed E-state index contributed by atoms with van der Waals surface area (Å²) in [6.07, 6.45) is -1.20. The van der Waals surface area contributed by atoms with Crippen LogP contribution in [0.3, 0.4) is 0 Å². The van der Waals surface area contributed by atoms with Gasteiger partial charge >= 0.3 is 12.1 Å². The largest absolute Gasteiger partial charge is 0.480 e. The SMILES string of the molecule is O=C(O)[C@@H]1C[C@@H](NCc2ccc(F)cc2F)CN1C(=O)O. The monoisotopic (exact) mass is 300 g/mol. The minimum absolute atomic E-state index is 0.00904. The van der Waals surface area contributed by atoms with Crippen LogP contribution in [0.15, 0.2) is 18.2 Å². The van der Waals surface area contributed by atoms with E-state index >= 15 is 0 Å². The van der Waals surface area contributed by atoms with Crippen molar-refractivity contribution in [3.8, 4) is 0 Å². The maximum absolute atomic E-state index is 13.5. The topological polar surface area (TPSA) is 89.9 Å². The first-order valence-electron chi connectivity index (χ1n) is 6.28. The van der Waals surface area contributed by atoms with E-state index in [2.05, 4.69) is 5.32 Å². The first-order valence-corrected chi connectivity index (χ1v) is 6.28. The Labute approximate surface area is 119 Å². The highest BCUT2D eigenvalue weighted by Gasteiger charge is 2.39. The van der Waals surface area contributed by atoms with Crippen LogP contribution in [0.5, 0.6) is 0 Å². The third kappa shape index (κ3) is 3.46. The molecule has 1 aliphatic heterocycles. The van der Waals surface area contributed by atoms with E-state index in [1.807, 2.05) is 0 Å². The maximum Gasteiger partial charge on any atom is 0.408 e. The first kappa shape index (κ1) is 15.2. The van der Waals surface area contributed by atoms with Crippen LogP contribution in [-0.2, 0) is 11.3 Å². The second-order valence-electron chi connectivity index (χ2n) is 4.84. The lowest BCUT2D eigenvalue weighted by Crippen LogP contribution is -2.40. The quantitative estimate of drug-likeness (QED) is 0.779. The van der Waals surface area contributed by atoms with Gasteiger partial charge in [-0.1, -0.05) is 6.07 Å². The zero-order valence-corrected chi connectivity index (χ0v) is 10.9. The summed E-state index contributed by atoms with van der Waals surface area (Å²) in [6.45, 7) is 0.0751. The van der Waals surface area contributed by atoms with Gasteiger partial charge in [0.25, 0.3) is 0 Å². The fourth-order valence-electron chi connectivity index (χ4n) is 2.35. The summed E-state index contributed by atoms with van der Waals surface area (Å²) >= 11 is 0. The van der Waals surface area contributed by atoms with E-state index in [9.17, 15) is 18.4 Å². The Morgan fingerprint density at radius 3 is 2.57 bits per heavy atom. The van der Waals surface area contributed by atoms with Gasteiger partial charge in [-0.3, -0.25) is 4.90 Å². The van der Waals surface area contributed by atoms with Gasteiger partial charge in [-0.2, -0.15) is 0 Å². The molecule has 0 saturated carbocycles. The van der Waals surface area contributed by atoms with Gasteiger partial charge in [0.2, 0.25) is 0 Å². The minimum atomic E-state index is -1.31. The molecule has 0 radical (unpaired) electrons. The Balaban J connectivity index is 1.98. The summed E-state index contributed by atoms with van der Waals surface area (Å²) in [5.41, 5.74) is 0.233. The molecule has 114 valence electrons. The number of likely N-dealkylation sites (tertiary alicyclic amines) is 1. The molecule has 1 saturated heterocycles. The number of aliphatic carboxylic acids is 1. The minimum Gasteiger partial charge on any atom is -0.480 e. The van der Waals surface area contributed by atoms with E-state index in [0.29, 0.717) is 0 Å². The molecule has 21 heavy (non-hydrogen) atoms. The number of nitrogens with one attached hydrogen (secondary N) is 1. The average Bonchev–Trinajstić information content (AvgIpc) is 2.82. The lowest BCUT2D eigenvalue weighted by Gasteiger charge is -2.16. The van der Waals surface area contributed by atoms with Crippen molar-refractivity contribution >= 4 is 12.1 Å². The molecule has 0 unspecified atom stereocenters. The highest BCUT2D eigenvalue weighted by atomic mass is 19.1. The summed E-state index contributed by atoms with van der Waals surface area (Å²) in [4.78, 5) is 22.8. The number of nitrogens with zero attached hydrogens (tertiary/aromatic N) is 1. The van der Waals surface area contributed by atoms with Crippen molar-refractivity contribution in [2.45, 2.75) is 25.0 Å². The molecule has 2 rings (SSSR count). The van der Waals surface area contributed by atoms with E-state index < -0.39 is 35.8 Å². The third-order valence-electron chi connectivity index (χ3n) is 3.43. The molecule has 3 N–H and O–H groups in total. The van der Waals surface area contributed by atoms with Crippen molar-refractivity contribution in [3.63, 3.8) is 0 Å². The van der Waals surface area contributed by atoms with E-state index in [-0.39, 0.29) is 25.1 Å². The normalized spacial score (nSPS) is 21.5. The van der Waals surface area contributed by atoms with Gasteiger partial charge in [0, 0.05) is 30.8 Å². The molecule has 1 aromatic carbocycles. The van der Waals surface area contributed by atoms with Crippen molar-refractivity contribution < 1.29 is 28.6 Å². The number of carboxylic acid groups (broad SMARTS) is 2. The molecular formula is C13H14F2N2O4. The van der Waals surface area contributed by atoms with Gasteiger partial charge in [-0.15, -0.1) is 0 Å². The molecule has 1 aliphatic rings. The van der Waals surface area contributed by atoms with Crippen LogP contribution in [-0.4, -0.2) is 45.8 Å². The predicted molar refractivity (Wildman–Crippen MR) is 67.8 cm³/mol. The second kappa shape index (κ2) is 6.04. The van der Waals surface area contributed by atoms with E-state index in [1.165, 1.54) is 6.07 Å². The zero-order valence-electron chi connectivity index (χ0n) is 10.9. The number of carboxylic acids is 1. The smallest absolute Gasteiger partial charge is 0.408 e. The summed E-state index contributed by atoms with van der Waals surface area (Å²) in [5.74, 6) is -2.60.